The zero-order valence-corrected chi connectivity index (χ0v) is 13.3. The number of benzene rings is 2. The Kier molecular flexibility index (Phi) is 3.38. The fourth-order valence-electron chi connectivity index (χ4n) is 2.56. The Morgan fingerprint density at radius 3 is 2.67 bits per heavy atom. The predicted octanol–water partition coefficient (Wildman–Crippen LogP) is 3.41. The number of nitrogens with one attached hydrogen (secondary N) is 3. The molecule has 2 aromatic heterocycles. The zero-order chi connectivity index (χ0) is 16.5. The largest absolute Gasteiger partial charge is 0.497 e. The van der Waals surface area contributed by atoms with E-state index in [4.69, 9.17) is 4.74 Å². The molecule has 0 unspecified atom stereocenters. The summed E-state index contributed by atoms with van der Waals surface area (Å²) in [5.41, 5.74) is 3.83. The molecule has 0 atom stereocenters. The van der Waals surface area contributed by atoms with E-state index < -0.39 is 0 Å². The lowest BCUT2D eigenvalue weighted by Crippen LogP contribution is -1.92. The van der Waals surface area contributed by atoms with Crippen LogP contribution in [0.15, 0.2) is 42.5 Å². The molecule has 0 amide bonds. The molecule has 0 bridgehead atoms. The van der Waals surface area contributed by atoms with E-state index in [-0.39, 0.29) is 0 Å². The molecule has 0 saturated heterocycles. The second kappa shape index (κ2) is 5.69. The van der Waals surface area contributed by atoms with Gasteiger partial charge in [0, 0.05) is 16.6 Å². The number of aryl methyl sites for hydroxylation is 1. The summed E-state index contributed by atoms with van der Waals surface area (Å²) in [5, 5.41) is 19.8. The molecule has 4 rings (SSSR count). The van der Waals surface area contributed by atoms with Gasteiger partial charge in [-0.25, -0.2) is 0 Å². The molecule has 0 aliphatic rings. The van der Waals surface area contributed by atoms with Gasteiger partial charge in [0.25, 0.3) is 0 Å². The van der Waals surface area contributed by atoms with Crippen LogP contribution in [0.4, 0.5) is 11.6 Å². The van der Waals surface area contributed by atoms with E-state index in [0.29, 0.717) is 11.8 Å². The summed E-state index contributed by atoms with van der Waals surface area (Å²) in [4.78, 5) is 3.17. The number of nitrogens with zero attached hydrogens (tertiary/aromatic N) is 3. The molecule has 0 saturated carbocycles. The number of H-pyrrole nitrogens is 2. The Bertz CT molecular complexity index is 986. The molecule has 2 heterocycles. The van der Waals surface area contributed by atoms with Crippen LogP contribution in [0.5, 0.6) is 5.75 Å². The smallest absolute Gasteiger partial charge is 0.226 e. The van der Waals surface area contributed by atoms with Gasteiger partial charge in [0.15, 0.2) is 5.82 Å². The van der Waals surface area contributed by atoms with Gasteiger partial charge < -0.3 is 15.0 Å². The summed E-state index contributed by atoms with van der Waals surface area (Å²) in [6.45, 7) is 1.97. The summed E-state index contributed by atoms with van der Waals surface area (Å²) in [7, 11) is 1.64. The highest BCUT2D eigenvalue weighted by atomic mass is 16.5. The molecule has 7 heteroatoms. The third-order valence-electron chi connectivity index (χ3n) is 3.87. The Balaban J connectivity index is 1.58. The summed E-state index contributed by atoms with van der Waals surface area (Å²) < 4.78 is 5.16. The van der Waals surface area contributed by atoms with Gasteiger partial charge in [0.2, 0.25) is 5.95 Å². The number of aromatic amines is 2. The van der Waals surface area contributed by atoms with E-state index in [1.165, 1.54) is 0 Å². The highest BCUT2D eigenvalue weighted by Gasteiger charge is 2.07. The van der Waals surface area contributed by atoms with Crippen molar-refractivity contribution in [2.75, 3.05) is 12.4 Å². The van der Waals surface area contributed by atoms with E-state index >= 15 is 0 Å². The Morgan fingerprint density at radius 1 is 1.04 bits per heavy atom. The molecular formula is C17H16N6O. The van der Waals surface area contributed by atoms with E-state index in [1.54, 1.807) is 7.11 Å². The fourth-order valence-corrected chi connectivity index (χ4v) is 2.56. The normalized spacial score (nSPS) is 10.9. The van der Waals surface area contributed by atoms with Gasteiger partial charge in [-0.3, -0.25) is 5.10 Å². The predicted molar refractivity (Wildman–Crippen MR) is 92.5 cm³/mol. The first kappa shape index (κ1) is 14.3. The zero-order valence-electron chi connectivity index (χ0n) is 13.3. The molecule has 7 nitrogen and oxygen atoms in total. The lowest BCUT2D eigenvalue weighted by Gasteiger charge is -2.02. The number of ether oxygens (including phenoxy) is 1. The number of methoxy groups -OCH3 is 1. The van der Waals surface area contributed by atoms with Crippen molar-refractivity contribution in [3.63, 3.8) is 0 Å². The lowest BCUT2D eigenvalue weighted by molar-refractivity contribution is 0.415. The van der Waals surface area contributed by atoms with Crippen LogP contribution in [0.25, 0.3) is 22.3 Å². The lowest BCUT2D eigenvalue weighted by atomic mass is 10.2. The third kappa shape index (κ3) is 2.56. The molecule has 0 fully saturated rings. The summed E-state index contributed by atoms with van der Waals surface area (Å²) >= 11 is 0. The average Bonchev–Trinajstić information content (AvgIpc) is 3.22. The van der Waals surface area contributed by atoms with Gasteiger partial charge >= 0.3 is 0 Å². The second-order valence-corrected chi connectivity index (χ2v) is 5.45. The average molecular weight is 320 g/mol. The quantitative estimate of drug-likeness (QED) is 0.536. The van der Waals surface area contributed by atoms with Crippen molar-refractivity contribution in [1.29, 1.82) is 0 Å². The summed E-state index contributed by atoms with van der Waals surface area (Å²) in [6, 6.07) is 13.6. The van der Waals surface area contributed by atoms with Crippen LogP contribution < -0.4 is 10.1 Å². The third-order valence-corrected chi connectivity index (χ3v) is 3.87. The molecule has 0 radical (unpaired) electrons. The molecule has 4 aromatic rings. The first-order chi connectivity index (χ1) is 11.7. The van der Waals surface area contributed by atoms with Gasteiger partial charge in [-0.1, -0.05) is 0 Å². The maximum absolute atomic E-state index is 5.16. The first-order valence-corrected chi connectivity index (χ1v) is 7.52. The highest BCUT2D eigenvalue weighted by Crippen LogP contribution is 2.23. The first-order valence-electron chi connectivity index (χ1n) is 7.52. The van der Waals surface area contributed by atoms with Gasteiger partial charge in [0.1, 0.15) is 5.75 Å². The van der Waals surface area contributed by atoms with Crippen molar-refractivity contribution in [2.24, 2.45) is 0 Å². The summed E-state index contributed by atoms with van der Waals surface area (Å²) in [6.07, 6.45) is 0. The number of hydrogen-bond acceptors (Lipinski definition) is 5. The van der Waals surface area contributed by atoms with Crippen LogP contribution in [0.1, 0.15) is 5.69 Å². The molecule has 0 spiro atoms. The minimum absolute atomic E-state index is 0.585. The van der Waals surface area contributed by atoms with E-state index in [0.717, 1.165) is 33.6 Å². The molecule has 3 N–H and O–H groups in total. The van der Waals surface area contributed by atoms with E-state index in [1.807, 2.05) is 49.4 Å². The number of fused-ring (bicyclic) bond motifs is 1. The number of anilines is 2. The number of hydrogen-bond donors (Lipinski definition) is 3. The maximum Gasteiger partial charge on any atom is 0.226 e. The SMILES string of the molecule is COc1ccc(-c2nnc(Nc3ccc4[nH]nc(C)c4c3)[nH]2)cc1. The van der Waals surface area contributed by atoms with Crippen molar-refractivity contribution >= 4 is 22.5 Å². The maximum atomic E-state index is 5.16. The van der Waals surface area contributed by atoms with Crippen molar-refractivity contribution in [2.45, 2.75) is 6.92 Å². The highest BCUT2D eigenvalue weighted by molar-refractivity contribution is 5.85. The van der Waals surface area contributed by atoms with Gasteiger partial charge in [0.05, 0.1) is 18.3 Å². The van der Waals surface area contributed by atoms with Gasteiger partial charge in [-0.05, 0) is 49.4 Å². The Labute approximate surface area is 138 Å². The number of rotatable bonds is 4. The van der Waals surface area contributed by atoms with Crippen molar-refractivity contribution in [3.05, 3.63) is 48.2 Å². The molecule has 0 aliphatic heterocycles. The van der Waals surface area contributed by atoms with Crippen LogP contribution in [-0.2, 0) is 0 Å². The number of aromatic nitrogens is 5. The molecule has 24 heavy (non-hydrogen) atoms. The minimum Gasteiger partial charge on any atom is -0.497 e. The molecule has 0 aliphatic carbocycles. The second-order valence-electron chi connectivity index (χ2n) is 5.45. The Hall–Kier alpha value is -3.35. The molecule has 120 valence electrons. The van der Waals surface area contributed by atoms with Crippen molar-refractivity contribution < 1.29 is 4.74 Å². The monoisotopic (exact) mass is 320 g/mol. The van der Waals surface area contributed by atoms with Gasteiger partial charge in [-0.2, -0.15) is 5.10 Å². The standard InChI is InChI=1S/C17H16N6O/c1-10-14-9-12(5-8-15(14)21-20-10)18-17-19-16(22-23-17)11-3-6-13(24-2)7-4-11/h3-9H,1-2H3,(H,20,21)(H2,18,19,22,23). The molecule has 2 aromatic carbocycles. The van der Waals surface area contributed by atoms with E-state index in [2.05, 4.69) is 30.7 Å². The van der Waals surface area contributed by atoms with Crippen molar-refractivity contribution in [1.82, 2.24) is 25.4 Å². The van der Waals surface area contributed by atoms with E-state index in [9.17, 15) is 0 Å². The molecular weight excluding hydrogens is 304 g/mol. The van der Waals surface area contributed by atoms with Crippen molar-refractivity contribution in [3.8, 4) is 17.1 Å². The Morgan fingerprint density at radius 2 is 1.88 bits per heavy atom. The minimum atomic E-state index is 0.585. The topological polar surface area (TPSA) is 91.5 Å². The van der Waals surface area contributed by atoms with Crippen LogP contribution in [0, 0.1) is 6.92 Å². The summed E-state index contributed by atoms with van der Waals surface area (Å²) in [5.74, 6) is 2.09. The fraction of sp³-hybridized carbons (Fsp3) is 0.118. The van der Waals surface area contributed by atoms with Crippen LogP contribution >= 0.6 is 0 Å². The van der Waals surface area contributed by atoms with Gasteiger partial charge in [-0.15, -0.1) is 10.2 Å². The van der Waals surface area contributed by atoms with Crippen LogP contribution in [0.2, 0.25) is 0 Å². The van der Waals surface area contributed by atoms with Crippen LogP contribution in [-0.4, -0.2) is 32.5 Å². The van der Waals surface area contributed by atoms with Crippen LogP contribution in [0.3, 0.4) is 0 Å².